The lowest BCUT2D eigenvalue weighted by atomic mass is 10.5. The Labute approximate surface area is 76.4 Å². The summed E-state index contributed by atoms with van der Waals surface area (Å²) in [7, 11) is 0. The van der Waals surface area contributed by atoms with Crippen molar-refractivity contribution in [3.63, 3.8) is 0 Å². The topological polar surface area (TPSA) is 47.3 Å². The number of hydrogen-bond acceptors (Lipinski definition) is 3. The molecule has 0 aliphatic heterocycles. The number of fused-ring (bicyclic) bond motifs is 1. The third kappa shape index (κ3) is 1.12. The van der Waals surface area contributed by atoms with Crippen LogP contribution in [0.3, 0.4) is 0 Å². The first-order valence-corrected chi connectivity index (χ1v) is 4.06. The molecule has 2 aromatic heterocycles. The SMILES string of the molecule is O=Cc1cc2nc(Br)ccn2n1. The van der Waals surface area contributed by atoms with Crippen LogP contribution in [0.25, 0.3) is 5.65 Å². The summed E-state index contributed by atoms with van der Waals surface area (Å²) in [6.07, 6.45) is 2.43. The molecule has 2 heterocycles. The first-order valence-electron chi connectivity index (χ1n) is 3.27. The van der Waals surface area contributed by atoms with Crippen LogP contribution in [-0.4, -0.2) is 20.9 Å². The third-order valence-electron chi connectivity index (χ3n) is 1.43. The van der Waals surface area contributed by atoms with E-state index in [1.54, 1.807) is 22.8 Å². The van der Waals surface area contributed by atoms with Crippen LogP contribution < -0.4 is 0 Å². The molecule has 0 saturated carbocycles. The summed E-state index contributed by atoms with van der Waals surface area (Å²) in [6.45, 7) is 0. The van der Waals surface area contributed by atoms with Crippen molar-refractivity contribution >= 4 is 27.9 Å². The lowest BCUT2D eigenvalue weighted by Crippen LogP contribution is -1.89. The molecule has 0 saturated heterocycles. The number of hydrogen-bond donors (Lipinski definition) is 0. The zero-order valence-electron chi connectivity index (χ0n) is 5.94. The Morgan fingerprint density at radius 3 is 3.17 bits per heavy atom. The first-order chi connectivity index (χ1) is 5.79. The fourth-order valence-corrected chi connectivity index (χ4v) is 1.23. The maximum absolute atomic E-state index is 10.3. The summed E-state index contributed by atoms with van der Waals surface area (Å²) in [5.74, 6) is 0. The predicted molar refractivity (Wildman–Crippen MR) is 46.1 cm³/mol. The lowest BCUT2D eigenvalue weighted by molar-refractivity contribution is 0.111. The van der Waals surface area contributed by atoms with Gasteiger partial charge in [0.1, 0.15) is 10.3 Å². The molecule has 2 aromatic rings. The van der Waals surface area contributed by atoms with Gasteiger partial charge in [-0.1, -0.05) is 0 Å². The second-order valence-electron chi connectivity index (χ2n) is 2.24. The minimum absolute atomic E-state index is 0.389. The summed E-state index contributed by atoms with van der Waals surface area (Å²) in [6, 6.07) is 3.38. The van der Waals surface area contributed by atoms with Gasteiger partial charge in [-0.25, -0.2) is 9.50 Å². The lowest BCUT2D eigenvalue weighted by Gasteiger charge is -1.90. The Hall–Kier alpha value is -1.23. The van der Waals surface area contributed by atoms with E-state index in [9.17, 15) is 4.79 Å². The van der Waals surface area contributed by atoms with Crippen LogP contribution in [0, 0.1) is 0 Å². The molecule has 0 N–H and O–H groups in total. The van der Waals surface area contributed by atoms with Gasteiger partial charge in [0.2, 0.25) is 0 Å². The Morgan fingerprint density at radius 2 is 2.42 bits per heavy atom. The van der Waals surface area contributed by atoms with Gasteiger partial charge in [-0.15, -0.1) is 0 Å². The molecule has 0 aromatic carbocycles. The molecule has 0 unspecified atom stereocenters. The van der Waals surface area contributed by atoms with E-state index in [-0.39, 0.29) is 0 Å². The smallest absolute Gasteiger partial charge is 0.170 e. The average molecular weight is 226 g/mol. The van der Waals surface area contributed by atoms with E-state index < -0.39 is 0 Å². The van der Waals surface area contributed by atoms with Crippen molar-refractivity contribution in [3.8, 4) is 0 Å². The van der Waals surface area contributed by atoms with Gasteiger partial charge >= 0.3 is 0 Å². The number of aromatic nitrogens is 3. The van der Waals surface area contributed by atoms with E-state index in [0.29, 0.717) is 17.6 Å². The first kappa shape index (κ1) is 7.42. The van der Waals surface area contributed by atoms with Crippen LogP contribution in [0.5, 0.6) is 0 Å². The van der Waals surface area contributed by atoms with Crippen molar-refractivity contribution in [3.05, 3.63) is 28.6 Å². The normalized spacial score (nSPS) is 10.4. The van der Waals surface area contributed by atoms with E-state index in [4.69, 9.17) is 0 Å². The number of rotatable bonds is 1. The molecule has 60 valence electrons. The maximum Gasteiger partial charge on any atom is 0.170 e. The van der Waals surface area contributed by atoms with Gasteiger partial charge in [0.25, 0.3) is 0 Å². The number of carbonyl (C=O) groups excluding carboxylic acids is 1. The van der Waals surface area contributed by atoms with Crippen LogP contribution in [0.2, 0.25) is 0 Å². The largest absolute Gasteiger partial charge is 0.296 e. The highest BCUT2D eigenvalue weighted by atomic mass is 79.9. The van der Waals surface area contributed by atoms with Gasteiger partial charge in [0, 0.05) is 12.3 Å². The molecule has 2 rings (SSSR count). The van der Waals surface area contributed by atoms with Crippen molar-refractivity contribution in [2.45, 2.75) is 0 Å². The summed E-state index contributed by atoms with van der Waals surface area (Å²) >= 11 is 3.22. The maximum atomic E-state index is 10.3. The zero-order chi connectivity index (χ0) is 8.55. The average Bonchev–Trinajstić information content (AvgIpc) is 2.46. The Bertz CT molecular complexity index is 437. The van der Waals surface area contributed by atoms with E-state index in [2.05, 4.69) is 26.0 Å². The quantitative estimate of drug-likeness (QED) is 0.543. The summed E-state index contributed by atoms with van der Waals surface area (Å²) in [5, 5.41) is 3.94. The highest BCUT2D eigenvalue weighted by Gasteiger charge is 2.00. The van der Waals surface area contributed by atoms with Crippen molar-refractivity contribution in [2.75, 3.05) is 0 Å². The van der Waals surface area contributed by atoms with Crippen molar-refractivity contribution in [2.24, 2.45) is 0 Å². The molecule has 12 heavy (non-hydrogen) atoms. The van der Waals surface area contributed by atoms with Gasteiger partial charge in [-0.3, -0.25) is 4.79 Å². The fraction of sp³-hybridized carbons (Fsp3) is 0. The predicted octanol–water partition coefficient (Wildman–Crippen LogP) is 1.30. The second-order valence-corrected chi connectivity index (χ2v) is 3.05. The number of aldehydes is 1. The zero-order valence-corrected chi connectivity index (χ0v) is 7.52. The van der Waals surface area contributed by atoms with Crippen LogP contribution >= 0.6 is 15.9 Å². The summed E-state index contributed by atoms with van der Waals surface area (Å²) in [5.41, 5.74) is 1.05. The standard InChI is InChI=1S/C7H4BrN3O/c8-6-1-2-11-7(9-6)3-5(4-12)10-11/h1-4H. The molecule has 0 radical (unpaired) electrons. The highest BCUT2D eigenvalue weighted by Crippen LogP contribution is 2.08. The van der Waals surface area contributed by atoms with Crippen molar-refractivity contribution < 1.29 is 4.79 Å². The Morgan fingerprint density at radius 1 is 1.58 bits per heavy atom. The minimum atomic E-state index is 0.389. The number of carbonyl (C=O) groups is 1. The molecule has 0 bridgehead atoms. The Balaban J connectivity index is 2.75. The van der Waals surface area contributed by atoms with E-state index >= 15 is 0 Å². The van der Waals surface area contributed by atoms with Gasteiger partial charge in [-0.2, -0.15) is 5.10 Å². The van der Waals surface area contributed by atoms with Gasteiger partial charge < -0.3 is 0 Å². The molecule has 4 nitrogen and oxygen atoms in total. The molecule has 0 spiro atoms. The van der Waals surface area contributed by atoms with E-state index in [1.807, 2.05) is 0 Å². The number of halogens is 1. The third-order valence-corrected chi connectivity index (χ3v) is 1.87. The fourth-order valence-electron chi connectivity index (χ4n) is 0.933. The van der Waals surface area contributed by atoms with E-state index in [1.165, 1.54) is 0 Å². The van der Waals surface area contributed by atoms with Crippen LogP contribution in [0.1, 0.15) is 10.5 Å². The van der Waals surface area contributed by atoms with Gasteiger partial charge in [0.15, 0.2) is 11.9 Å². The molecule has 0 aliphatic rings. The van der Waals surface area contributed by atoms with Gasteiger partial charge in [0.05, 0.1) is 0 Å². The number of nitrogens with zero attached hydrogens (tertiary/aromatic N) is 3. The monoisotopic (exact) mass is 225 g/mol. The molecule has 0 amide bonds. The molecule has 0 atom stereocenters. The van der Waals surface area contributed by atoms with Crippen LogP contribution in [-0.2, 0) is 0 Å². The molecule has 0 fully saturated rings. The second kappa shape index (κ2) is 2.67. The minimum Gasteiger partial charge on any atom is -0.296 e. The molecular weight excluding hydrogens is 222 g/mol. The van der Waals surface area contributed by atoms with Gasteiger partial charge in [-0.05, 0) is 22.0 Å². The van der Waals surface area contributed by atoms with E-state index in [0.717, 1.165) is 4.60 Å². The highest BCUT2D eigenvalue weighted by molar-refractivity contribution is 9.10. The summed E-state index contributed by atoms with van der Waals surface area (Å²) < 4.78 is 2.28. The molecule has 0 aliphatic carbocycles. The molecular formula is C7H4BrN3O. The van der Waals surface area contributed by atoms with Crippen molar-refractivity contribution in [1.82, 2.24) is 14.6 Å². The van der Waals surface area contributed by atoms with Crippen LogP contribution in [0.4, 0.5) is 0 Å². The molecule has 5 heteroatoms. The van der Waals surface area contributed by atoms with Crippen LogP contribution in [0.15, 0.2) is 22.9 Å². The summed E-state index contributed by atoms with van der Waals surface area (Å²) in [4.78, 5) is 14.4. The van der Waals surface area contributed by atoms with Crippen molar-refractivity contribution in [1.29, 1.82) is 0 Å². The Kier molecular flexibility index (Phi) is 1.65.